The molecule has 0 aliphatic carbocycles. The van der Waals surface area contributed by atoms with E-state index >= 15 is 0 Å². The van der Waals surface area contributed by atoms with E-state index in [1.165, 1.54) is 0 Å². The average molecular weight is 360 g/mol. The molecule has 0 saturated heterocycles. The molecular weight excluding hydrogens is 343 g/mol. The standard InChI is InChI=1S/C17H17ClF3NS/c18-15-8-4-7-14(9-15)11-22-16(12-23-17(19,20)21)10-13-5-2-1-3-6-13/h1-9,16,22H,10-12H2. The second-order valence-corrected chi connectivity index (χ2v) is 6.68. The lowest BCUT2D eigenvalue weighted by Crippen LogP contribution is -2.34. The number of hydrogen-bond acceptors (Lipinski definition) is 2. The molecule has 1 nitrogen and oxygen atoms in total. The maximum Gasteiger partial charge on any atom is 0.441 e. The van der Waals surface area contributed by atoms with Gasteiger partial charge in [-0.05, 0) is 41.4 Å². The van der Waals surface area contributed by atoms with Crippen LogP contribution in [0.25, 0.3) is 0 Å². The van der Waals surface area contributed by atoms with Gasteiger partial charge in [-0.3, -0.25) is 0 Å². The summed E-state index contributed by atoms with van der Waals surface area (Å²) < 4.78 is 37.5. The van der Waals surface area contributed by atoms with Crippen molar-refractivity contribution in [1.82, 2.24) is 5.32 Å². The first-order chi connectivity index (χ1) is 10.9. The number of alkyl halides is 3. The number of hydrogen-bond donors (Lipinski definition) is 1. The van der Waals surface area contributed by atoms with E-state index in [9.17, 15) is 13.2 Å². The van der Waals surface area contributed by atoms with Crippen LogP contribution in [0.2, 0.25) is 5.02 Å². The summed E-state index contributed by atoms with van der Waals surface area (Å²) in [5.41, 5.74) is -2.25. The molecule has 6 heteroatoms. The molecule has 2 rings (SSSR count). The molecule has 1 atom stereocenters. The molecule has 0 heterocycles. The maximum atomic E-state index is 12.5. The van der Waals surface area contributed by atoms with Gasteiger partial charge in [0, 0.05) is 23.4 Å². The predicted octanol–water partition coefficient (Wildman–Crippen LogP) is 5.29. The fourth-order valence-electron chi connectivity index (χ4n) is 2.19. The number of nitrogens with one attached hydrogen (secondary N) is 1. The molecular formula is C17H17ClF3NS. The number of thioether (sulfide) groups is 1. The van der Waals surface area contributed by atoms with E-state index in [1.54, 1.807) is 6.07 Å². The van der Waals surface area contributed by atoms with Crippen LogP contribution in [0.4, 0.5) is 13.2 Å². The minimum absolute atomic E-state index is 0.0106. The van der Waals surface area contributed by atoms with Gasteiger partial charge in [0.1, 0.15) is 0 Å². The summed E-state index contributed by atoms with van der Waals surface area (Å²) in [6.45, 7) is 0.483. The highest BCUT2D eigenvalue weighted by atomic mass is 35.5. The lowest BCUT2D eigenvalue weighted by molar-refractivity contribution is -0.0329. The Morgan fingerprint density at radius 3 is 2.35 bits per heavy atom. The Hall–Kier alpha value is -1.17. The molecule has 0 bridgehead atoms. The molecule has 1 N–H and O–H groups in total. The molecule has 0 radical (unpaired) electrons. The first-order valence-electron chi connectivity index (χ1n) is 7.15. The van der Waals surface area contributed by atoms with Gasteiger partial charge in [0.05, 0.1) is 0 Å². The van der Waals surface area contributed by atoms with Gasteiger partial charge in [0.2, 0.25) is 0 Å². The minimum Gasteiger partial charge on any atom is -0.309 e. The third kappa shape index (κ3) is 7.29. The summed E-state index contributed by atoms with van der Waals surface area (Å²) in [5, 5.41) is 3.82. The molecule has 2 aromatic carbocycles. The Balaban J connectivity index is 1.97. The summed E-state index contributed by atoms with van der Waals surface area (Å²) in [7, 11) is 0. The van der Waals surface area contributed by atoms with E-state index in [2.05, 4.69) is 5.32 Å². The van der Waals surface area contributed by atoms with Crippen molar-refractivity contribution in [2.45, 2.75) is 24.5 Å². The monoisotopic (exact) mass is 359 g/mol. The lowest BCUT2D eigenvalue weighted by Gasteiger charge is -2.19. The van der Waals surface area contributed by atoms with Crippen molar-refractivity contribution in [1.29, 1.82) is 0 Å². The van der Waals surface area contributed by atoms with Crippen LogP contribution in [0.3, 0.4) is 0 Å². The Morgan fingerprint density at radius 2 is 1.70 bits per heavy atom. The maximum absolute atomic E-state index is 12.5. The smallest absolute Gasteiger partial charge is 0.309 e. The molecule has 0 aromatic heterocycles. The predicted molar refractivity (Wildman–Crippen MR) is 90.7 cm³/mol. The van der Waals surface area contributed by atoms with Crippen molar-refractivity contribution in [2.24, 2.45) is 0 Å². The molecule has 0 fully saturated rings. The van der Waals surface area contributed by atoms with E-state index in [0.717, 1.165) is 11.1 Å². The SMILES string of the molecule is FC(F)(F)SCC(Cc1ccccc1)NCc1cccc(Cl)c1. The summed E-state index contributed by atoms with van der Waals surface area (Å²) in [6.07, 6.45) is 0.546. The fraction of sp³-hybridized carbons (Fsp3) is 0.294. The lowest BCUT2D eigenvalue weighted by atomic mass is 10.1. The summed E-state index contributed by atoms with van der Waals surface area (Å²) >= 11 is 5.94. The Kier molecular flexibility index (Phi) is 6.81. The first kappa shape index (κ1) is 18.2. The highest BCUT2D eigenvalue weighted by molar-refractivity contribution is 8.00. The Labute approximate surface area is 143 Å². The largest absolute Gasteiger partial charge is 0.441 e. The van der Waals surface area contributed by atoms with Gasteiger partial charge < -0.3 is 5.32 Å². The molecule has 0 spiro atoms. The molecule has 0 saturated carbocycles. The summed E-state index contributed by atoms with van der Waals surface area (Å²) in [4.78, 5) is 0. The molecule has 2 aromatic rings. The third-order valence-corrected chi connectivity index (χ3v) is 4.39. The second-order valence-electron chi connectivity index (χ2n) is 5.15. The molecule has 23 heavy (non-hydrogen) atoms. The second kappa shape index (κ2) is 8.62. The van der Waals surface area contributed by atoms with Crippen LogP contribution in [0.1, 0.15) is 11.1 Å². The van der Waals surface area contributed by atoms with Crippen molar-refractivity contribution >= 4 is 23.4 Å². The molecule has 0 aliphatic rings. The van der Waals surface area contributed by atoms with Crippen molar-refractivity contribution in [3.05, 3.63) is 70.7 Å². The first-order valence-corrected chi connectivity index (χ1v) is 8.51. The van der Waals surface area contributed by atoms with Gasteiger partial charge in [-0.25, -0.2) is 0 Å². The highest BCUT2D eigenvalue weighted by Crippen LogP contribution is 2.31. The van der Waals surface area contributed by atoms with Crippen LogP contribution >= 0.6 is 23.4 Å². The van der Waals surface area contributed by atoms with Gasteiger partial charge in [-0.1, -0.05) is 54.1 Å². The van der Waals surface area contributed by atoms with Crippen LogP contribution < -0.4 is 5.32 Å². The van der Waals surface area contributed by atoms with Crippen LogP contribution in [-0.4, -0.2) is 17.3 Å². The normalized spacial score (nSPS) is 13.0. The highest BCUT2D eigenvalue weighted by Gasteiger charge is 2.29. The van der Waals surface area contributed by atoms with Crippen molar-refractivity contribution < 1.29 is 13.2 Å². The van der Waals surface area contributed by atoms with Crippen LogP contribution in [-0.2, 0) is 13.0 Å². The molecule has 124 valence electrons. The topological polar surface area (TPSA) is 12.0 Å². The average Bonchev–Trinajstić information content (AvgIpc) is 2.50. The van der Waals surface area contributed by atoms with E-state index in [4.69, 9.17) is 11.6 Å². The van der Waals surface area contributed by atoms with Gasteiger partial charge in [-0.15, -0.1) is 0 Å². The van der Waals surface area contributed by atoms with Gasteiger partial charge in [0.15, 0.2) is 0 Å². The van der Waals surface area contributed by atoms with Gasteiger partial charge in [0.25, 0.3) is 0 Å². The number of rotatable bonds is 7. The molecule has 0 amide bonds. The van der Waals surface area contributed by atoms with E-state index in [0.29, 0.717) is 18.0 Å². The van der Waals surface area contributed by atoms with E-state index in [1.807, 2.05) is 48.5 Å². The van der Waals surface area contributed by atoms with E-state index in [-0.39, 0.29) is 23.6 Å². The van der Waals surface area contributed by atoms with Crippen molar-refractivity contribution in [3.63, 3.8) is 0 Å². The zero-order chi connectivity index (χ0) is 16.7. The Bertz CT molecular complexity index is 604. The third-order valence-electron chi connectivity index (χ3n) is 3.26. The summed E-state index contributed by atoms with van der Waals surface area (Å²) in [5.74, 6) is -0.0288. The number of benzene rings is 2. The van der Waals surface area contributed by atoms with Gasteiger partial charge in [-0.2, -0.15) is 13.2 Å². The van der Waals surface area contributed by atoms with Crippen LogP contribution in [0.5, 0.6) is 0 Å². The Morgan fingerprint density at radius 1 is 1.00 bits per heavy atom. The number of halogens is 4. The van der Waals surface area contributed by atoms with Crippen molar-refractivity contribution in [2.75, 3.05) is 5.75 Å². The zero-order valence-electron chi connectivity index (χ0n) is 12.3. The van der Waals surface area contributed by atoms with E-state index < -0.39 is 5.51 Å². The zero-order valence-corrected chi connectivity index (χ0v) is 13.9. The van der Waals surface area contributed by atoms with Crippen LogP contribution in [0.15, 0.2) is 54.6 Å². The van der Waals surface area contributed by atoms with Crippen LogP contribution in [0, 0.1) is 0 Å². The quantitative estimate of drug-likeness (QED) is 0.720. The molecule has 0 aliphatic heterocycles. The minimum atomic E-state index is -4.22. The molecule has 1 unspecified atom stereocenters. The fourth-order valence-corrected chi connectivity index (χ4v) is 3.03. The van der Waals surface area contributed by atoms with Gasteiger partial charge >= 0.3 is 5.51 Å². The van der Waals surface area contributed by atoms with Crippen molar-refractivity contribution in [3.8, 4) is 0 Å². The summed E-state index contributed by atoms with van der Waals surface area (Å²) in [6, 6.07) is 16.5.